The summed E-state index contributed by atoms with van der Waals surface area (Å²) in [5.74, 6) is 0. The maximum absolute atomic E-state index is 7.73. The smallest absolute Gasteiger partial charge is 0.0509 e. The summed E-state index contributed by atoms with van der Waals surface area (Å²) < 4.78 is 0. The van der Waals surface area contributed by atoms with Crippen LogP contribution in [-0.4, -0.2) is 54.6 Å². The number of hydrogen-bond acceptors (Lipinski definition) is 8. The monoisotopic (exact) mass is 324 g/mol. The Labute approximate surface area is 131 Å². The van der Waals surface area contributed by atoms with Crippen molar-refractivity contribution in [2.24, 2.45) is 20.6 Å². The number of rotatable bonds is 0. The normalized spacial score (nSPS) is 6.48. The van der Waals surface area contributed by atoms with Crippen LogP contribution in [0.15, 0.2) is 20.6 Å². The van der Waals surface area contributed by atoms with Crippen molar-refractivity contribution >= 4 is 33.8 Å². The summed E-state index contributed by atoms with van der Waals surface area (Å²) in [5.41, 5.74) is 2.74. The van der Waals surface area contributed by atoms with Gasteiger partial charge in [-0.05, 0) is 66.4 Å². The Balaban J connectivity index is -0.0000000533. The average Bonchev–Trinajstić information content (AvgIpc) is 2.40. The molecule has 0 heterocycles. The second kappa shape index (κ2) is 26.6. The van der Waals surface area contributed by atoms with Crippen LogP contribution in [0, 0.1) is 0 Å². The summed E-state index contributed by atoms with van der Waals surface area (Å²) >= 11 is 0. The van der Waals surface area contributed by atoms with Gasteiger partial charge in [0.15, 0.2) is 0 Å². The van der Waals surface area contributed by atoms with Crippen LogP contribution in [0.4, 0.5) is 0 Å². The van der Waals surface area contributed by atoms with E-state index in [0.717, 1.165) is 0 Å². The minimum atomic E-state index is 0. The first-order chi connectivity index (χ1) is 9.08. The Morgan fingerprint density at radius 2 is 0.476 bits per heavy atom. The molecular weight excluding hydrogens is 292 g/mol. The predicted molar refractivity (Wildman–Crippen MR) is 93.6 cm³/mol. The minimum absolute atomic E-state index is 0. The van der Waals surface area contributed by atoms with E-state index in [1.54, 1.807) is 55.4 Å². The van der Waals surface area contributed by atoms with Gasteiger partial charge >= 0.3 is 0 Å². The molecule has 0 aromatic heterocycles. The van der Waals surface area contributed by atoms with Crippen LogP contribution in [0.2, 0.25) is 0 Å². The van der Waals surface area contributed by atoms with Gasteiger partial charge in [0.25, 0.3) is 0 Å². The summed E-state index contributed by atoms with van der Waals surface area (Å²) in [6.45, 7) is 13.8. The van der Waals surface area contributed by atoms with Crippen LogP contribution in [0.25, 0.3) is 0 Å². The van der Waals surface area contributed by atoms with Crippen molar-refractivity contribution in [1.82, 2.24) is 0 Å². The molecule has 4 N–H and O–H groups in total. The highest BCUT2D eigenvalue weighted by molar-refractivity contribution is 5.79. The van der Waals surface area contributed by atoms with Gasteiger partial charge in [-0.2, -0.15) is 0 Å². The first-order valence-electron chi connectivity index (χ1n) is 5.69. The summed E-state index contributed by atoms with van der Waals surface area (Å²) in [6.07, 6.45) is 0. The topological polar surface area (TPSA) is 130 Å². The van der Waals surface area contributed by atoms with E-state index < -0.39 is 0 Å². The van der Waals surface area contributed by atoms with Gasteiger partial charge in [0.05, 0.1) is 22.8 Å². The third-order valence-corrected chi connectivity index (χ3v) is 0.800. The summed E-state index contributed by atoms with van der Waals surface area (Å²) in [6, 6.07) is 0. The lowest BCUT2D eigenvalue weighted by Crippen LogP contribution is -1.74. The van der Waals surface area contributed by atoms with E-state index in [9.17, 15) is 0 Å². The molecule has 21 heavy (non-hydrogen) atoms. The van der Waals surface area contributed by atoms with Crippen molar-refractivity contribution in [3.05, 3.63) is 0 Å². The van der Waals surface area contributed by atoms with E-state index in [-0.39, 0.29) is 11.0 Å². The van der Waals surface area contributed by atoms with Gasteiger partial charge in [-0.25, -0.2) is 0 Å². The Kier molecular flexibility index (Phi) is 39.9. The zero-order chi connectivity index (χ0) is 17.1. The molecule has 0 aromatic carbocycles. The fourth-order valence-electron chi connectivity index (χ4n) is 0. The maximum Gasteiger partial charge on any atom is 0.0509 e. The first-order valence-corrected chi connectivity index (χ1v) is 5.69. The molecule has 128 valence electrons. The lowest BCUT2D eigenvalue weighted by molar-refractivity contribution is 0.318. The lowest BCUT2D eigenvalue weighted by Gasteiger charge is -1.72. The van der Waals surface area contributed by atoms with Crippen molar-refractivity contribution in [2.75, 3.05) is 0 Å². The third kappa shape index (κ3) is 126. The Morgan fingerprint density at radius 1 is 0.429 bits per heavy atom. The van der Waals surface area contributed by atoms with Crippen LogP contribution >= 0.6 is 0 Å². The van der Waals surface area contributed by atoms with Crippen molar-refractivity contribution in [3.63, 3.8) is 0 Å². The van der Waals surface area contributed by atoms with Gasteiger partial charge in [-0.3, -0.25) is 0 Å². The number of oxime groups is 4. The fourth-order valence-corrected chi connectivity index (χ4v) is 0. The molecule has 0 radical (unpaired) electrons. The van der Waals surface area contributed by atoms with Crippen LogP contribution in [-0.2, 0) is 0 Å². The van der Waals surface area contributed by atoms with Crippen molar-refractivity contribution < 1.29 is 20.8 Å². The summed E-state index contributed by atoms with van der Waals surface area (Å²) in [4.78, 5) is 0. The quantitative estimate of drug-likeness (QED) is 0.235. The molecule has 0 saturated carbocycles. The van der Waals surface area contributed by atoms with E-state index in [1.807, 2.05) is 0 Å². The number of nitrogens with zero attached hydrogens (tertiary/aromatic N) is 4. The molecule has 0 aliphatic rings. The van der Waals surface area contributed by atoms with Gasteiger partial charge < -0.3 is 20.8 Å². The largest absolute Gasteiger partial charge is 0.411 e. The van der Waals surface area contributed by atoms with Crippen LogP contribution in [0.1, 0.15) is 55.4 Å². The van der Waals surface area contributed by atoms with Crippen molar-refractivity contribution in [1.29, 1.82) is 0 Å². The molecular formula is C12H32N4O4Si. The summed E-state index contributed by atoms with van der Waals surface area (Å²) in [7, 11) is 0. The molecule has 0 aliphatic heterocycles. The second-order valence-electron chi connectivity index (χ2n) is 4.19. The van der Waals surface area contributed by atoms with Gasteiger partial charge in [0.2, 0.25) is 0 Å². The lowest BCUT2D eigenvalue weighted by atomic mass is 10.5. The molecule has 8 nitrogen and oxygen atoms in total. The highest BCUT2D eigenvalue weighted by Gasteiger charge is 1.66. The van der Waals surface area contributed by atoms with Gasteiger partial charge in [-0.15, -0.1) is 0 Å². The van der Waals surface area contributed by atoms with E-state index in [0.29, 0.717) is 22.8 Å². The Bertz CT molecular complexity index is 249. The first kappa shape index (κ1) is 31.5. The molecule has 0 rings (SSSR count). The van der Waals surface area contributed by atoms with Gasteiger partial charge in [0.1, 0.15) is 0 Å². The SMILES string of the molecule is CC(C)=NO.CC(C)=NO.CC(C)=NO.CC(C)=NO.[SiH4]. The van der Waals surface area contributed by atoms with Crippen LogP contribution in [0.3, 0.4) is 0 Å². The molecule has 0 spiro atoms. The molecule has 0 bridgehead atoms. The van der Waals surface area contributed by atoms with E-state index in [4.69, 9.17) is 20.8 Å². The molecule has 0 aliphatic carbocycles. The number of hydrogen-bond donors (Lipinski definition) is 4. The standard InChI is InChI=1S/4C3H7NO.H4Si/c4*1-3(2)4-5;/h4*5H,1-2H3;1H4. The average molecular weight is 324 g/mol. The fraction of sp³-hybridized carbons (Fsp3) is 0.667. The van der Waals surface area contributed by atoms with Crippen molar-refractivity contribution in [2.45, 2.75) is 55.4 Å². The Morgan fingerprint density at radius 3 is 0.476 bits per heavy atom. The summed E-state index contributed by atoms with van der Waals surface area (Å²) in [5, 5.41) is 42.1. The third-order valence-electron chi connectivity index (χ3n) is 0.800. The zero-order valence-electron chi connectivity index (χ0n) is 13.6. The molecule has 0 unspecified atom stereocenters. The van der Waals surface area contributed by atoms with E-state index in [1.165, 1.54) is 0 Å². The molecule has 0 fully saturated rings. The second-order valence-corrected chi connectivity index (χ2v) is 4.19. The predicted octanol–water partition coefficient (Wildman–Crippen LogP) is 1.97. The van der Waals surface area contributed by atoms with Crippen molar-refractivity contribution in [3.8, 4) is 0 Å². The Hall–Kier alpha value is -1.90. The highest BCUT2D eigenvalue weighted by atomic mass is 28.1. The molecule has 0 atom stereocenters. The van der Waals surface area contributed by atoms with Gasteiger partial charge in [0, 0.05) is 0 Å². The van der Waals surface area contributed by atoms with E-state index in [2.05, 4.69) is 20.6 Å². The van der Waals surface area contributed by atoms with Gasteiger partial charge in [-0.1, -0.05) is 20.6 Å². The highest BCUT2D eigenvalue weighted by Crippen LogP contribution is 1.64. The van der Waals surface area contributed by atoms with Crippen LogP contribution < -0.4 is 0 Å². The molecule has 9 heteroatoms. The minimum Gasteiger partial charge on any atom is -0.411 e. The molecule has 0 saturated heterocycles. The zero-order valence-corrected chi connectivity index (χ0v) is 13.6. The maximum atomic E-state index is 7.73. The van der Waals surface area contributed by atoms with Crippen LogP contribution in [0.5, 0.6) is 0 Å². The molecule has 0 amide bonds. The van der Waals surface area contributed by atoms with E-state index >= 15 is 0 Å². The molecule has 0 aromatic rings.